The summed E-state index contributed by atoms with van der Waals surface area (Å²) in [5.41, 5.74) is -1.18. The van der Waals surface area contributed by atoms with Crippen LogP contribution in [0.3, 0.4) is 0 Å². The maximum atomic E-state index is 13.0. The molecule has 3 nitrogen and oxygen atoms in total. The molecule has 0 saturated heterocycles. The topological polar surface area (TPSA) is 37.4 Å². The van der Waals surface area contributed by atoms with Crippen molar-refractivity contribution in [2.75, 3.05) is 6.54 Å². The van der Waals surface area contributed by atoms with Gasteiger partial charge in [0.25, 0.3) is 0 Å². The number of rotatable bonds is 6. The van der Waals surface area contributed by atoms with E-state index < -0.39 is 31.7 Å². The Hall–Kier alpha value is -1.35. The third kappa shape index (κ3) is 4.18. The molecule has 0 saturated carbocycles. The average molecular weight is 396 g/mol. The van der Waals surface area contributed by atoms with Crippen LogP contribution in [0.1, 0.15) is 10.4 Å². The van der Waals surface area contributed by atoms with Crippen LogP contribution in [0.4, 0.5) is 13.2 Å². The summed E-state index contributed by atoms with van der Waals surface area (Å²) in [6.45, 7) is 3.53. The number of alkyl halides is 3. The van der Waals surface area contributed by atoms with Crippen molar-refractivity contribution in [1.29, 1.82) is 0 Å². The summed E-state index contributed by atoms with van der Waals surface area (Å²) in [4.78, 5) is 0.308. The number of hydrogen-bond donors (Lipinski definition) is 0. The molecule has 0 N–H and O–H groups in total. The molecular weight excluding hydrogens is 383 g/mol. The summed E-state index contributed by atoms with van der Waals surface area (Å²) in [6.07, 6.45) is -3.36. The zero-order valence-corrected chi connectivity index (χ0v) is 14.6. The molecule has 0 atom stereocenters. The van der Waals surface area contributed by atoms with E-state index in [1.54, 1.807) is 17.5 Å². The molecule has 0 unspecified atom stereocenters. The Morgan fingerprint density at radius 1 is 1.29 bits per heavy atom. The zero-order valence-electron chi connectivity index (χ0n) is 12.3. The minimum Gasteiger partial charge on any atom is -0.207 e. The van der Waals surface area contributed by atoms with Crippen molar-refractivity contribution in [2.24, 2.45) is 0 Å². The highest BCUT2D eigenvalue weighted by atomic mass is 35.5. The van der Waals surface area contributed by atoms with Crippen LogP contribution in [0.15, 0.2) is 53.3 Å². The van der Waals surface area contributed by atoms with E-state index in [1.807, 2.05) is 0 Å². The van der Waals surface area contributed by atoms with Crippen LogP contribution >= 0.6 is 22.9 Å². The molecule has 0 fully saturated rings. The van der Waals surface area contributed by atoms with Crippen LogP contribution in [-0.2, 0) is 22.7 Å². The first-order valence-electron chi connectivity index (χ1n) is 6.66. The largest absolute Gasteiger partial charge is 0.417 e. The Balaban J connectivity index is 2.45. The first-order chi connectivity index (χ1) is 11.2. The lowest BCUT2D eigenvalue weighted by Crippen LogP contribution is -2.30. The Morgan fingerprint density at radius 2 is 2.00 bits per heavy atom. The molecule has 2 aromatic rings. The first kappa shape index (κ1) is 19.0. The fourth-order valence-electron chi connectivity index (χ4n) is 2.00. The summed E-state index contributed by atoms with van der Waals surface area (Å²) in [6, 6.07) is 6.08. The molecule has 0 spiro atoms. The monoisotopic (exact) mass is 395 g/mol. The highest BCUT2D eigenvalue weighted by Crippen LogP contribution is 2.36. The lowest BCUT2D eigenvalue weighted by molar-refractivity contribution is -0.137. The summed E-state index contributed by atoms with van der Waals surface area (Å²) in [5.74, 6) is 0. The normalized spacial score (nSPS) is 12.5. The van der Waals surface area contributed by atoms with Crippen molar-refractivity contribution in [3.05, 3.63) is 63.8 Å². The van der Waals surface area contributed by atoms with Crippen LogP contribution in [-0.4, -0.2) is 19.3 Å². The molecule has 0 amide bonds. The summed E-state index contributed by atoms with van der Waals surface area (Å²) in [7, 11) is -4.13. The predicted molar refractivity (Wildman–Crippen MR) is 88.6 cm³/mol. The number of halogens is 4. The number of benzene rings is 1. The van der Waals surface area contributed by atoms with Crippen LogP contribution in [0.5, 0.6) is 0 Å². The van der Waals surface area contributed by atoms with Gasteiger partial charge >= 0.3 is 6.18 Å². The van der Waals surface area contributed by atoms with E-state index in [-0.39, 0.29) is 13.1 Å². The van der Waals surface area contributed by atoms with Gasteiger partial charge in [-0.1, -0.05) is 23.7 Å². The highest BCUT2D eigenvalue weighted by molar-refractivity contribution is 7.89. The van der Waals surface area contributed by atoms with Crippen molar-refractivity contribution in [1.82, 2.24) is 4.31 Å². The predicted octanol–water partition coefficient (Wildman–Crippen LogP) is 4.80. The molecule has 0 aliphatic rings. The molecule has 0 bridgehead atoms. The molecule has 1 heterocycles. The van der Waals surface area contributed by atoms with Crippen molar-refractivity contribution in [3.63, 3.8) is 0 Å². The van der Waals surface area contributed by atoms with Gasteiger partial charge in [-0.2, -0.15) is 17.5 Å². The maximum absolute atomic E-state index is 13.0. The van der Waals surface area contributed by atoms with Crippen LogP contribution < -0.4 is 0 Å². The smallest absolute Gasteiger partial charge is 0.207 e. The average Bonchev–Trinajstić information content (AvgIpc) is 2.99. The molecular formula is C15H13ClF3NO2S2. The Morgan fingerprint density at radius 3 is 2.54 bits per heavy atom. The molecule has 130 valence electrons. The summed E-state index contributed by atoms with van der Waals surface area (Å²) in [5, 5.41) is 1.24. The SMILES string of the molecule is C=CCN(Cc1cccs1)S(=O)(=O)c1ccc(Cl)c(C(F)(F)F)c1. The van der Waals surface area contributed by atoms with E-state index in [4.69, 9.17) is 11.6 Å². The minimum atomic E-state index is -4.74. The molecule has 0 aliphatic heterocycles. The zero-order chi connectivity index (χ0) is 18.0. The number of sulfonamides is 1. The number of thiophene rings is 1. The Labute approximate surface area is 147 Å². The van der Waals surface area contributed by atoms with Crippen LogP contribution in [0.25, 0.3) is 0 Å². The molecule has 1 aromatic carbocycles. The fraction of sp³-hybridized carbons (Fsp3) is 0.200. The quantitative estimate of drug-likeness (QED) is 0.659. The van der Waals surface area contributed by atoms with E-state index in [0.717, 1.165) is 21.3 Å². The van der Waals surface area contributed by atoms with Gasteiger partial charge in [-0.3, -0.25) is 0 Å². The van der Waals surface area contributed by atoms with Crippen molar-refractivity contribution >= 4 is 33.0 Å². The molecule has 24 heavy (non-hydrogen) atoms. The van der Waals surface area contributed by atoms with Gasteiger partial charge in [-0.15, -0.1) is 17.9 Å². The molecule has 9 heteroatoms. The molecule has 0 radical (unpaired) electrons. The summed E-state index contributed by atoms with van der Waals surface area (Å²) < 4.78 is 65.4. The van der Waals surface area contributed by atoms with Crippen molar-refractivity contribution in [2.45, 2.75) is 17.6 Å². The summed E-state index contributed by atoms with van der Waals surface area (Å²) >= 11 is 6.90. The fourth-order valence-corrected chi connectivity index (χ4v) is 4.44. The second kappa shape index (κ2) is 7.26. The number of hydrogen-bond acceptors (Lipinski definition) is 3. The third-order valence-electron chi connectivity index (χ3n) is 3.13. The maximum Gasteiger partial charge on any atom is 0.417 e. The standard InChI is InChI=1S/C15H13ClF3NO2S2/c1-2-7-20(10-11-4-3-8-23-11)24(21,22)12-5-6-14(16)13(9-12)15(17,18)19/h2-6,8-9H,1,7,10H2. The van der Waals surface area contributed by atoms with E-state index in [9.17, 15) is 21.6 Å². The minimum absolute atomic E-state index is 0.0236. The van der Waals surface area contributed by atoms with Gasteiger partial charge in [0, 0.05) is 18.0 Å². The van der Waals surface area contributed by atoms with Gasteiger partial charge in [0.1, 0.15) is 0 Å². The van der Waals surface area contributed by atoms with Gasteiger partial charge in [0.15, 0.2) is 0 Å². The number of nitrogens with zero attached hydrogens (tertiary/aromatic N) is 1. The van der Waals surface area contributed by atoms with E-state index in [2.05, 4.69) is 6.58 Å². The third-order valence-corrected chi connectivity index (χ3v) is 6.12. The van der Waals surface area contributed by atoms with Gasteiger partial charge in [-0.25, -0.2) is 8.42 Å². The second-order valence-corrected chi connectivity index (χ2v) is 8.18. The van der Waals surface area contributed by atoms with Gasteiger partial charge in [0.05, 0.1) is 15.5 Å². The van der Waals surface area contributed by atoms with E-state index in [0.29, 0.717) is 6.07 Å². The second-order valence-electron chi connectivity index (χ2n) is 4.81. The van der Waals surface area contributed by atoms with Gasteiger partial charge in [-0.05, 0) is 29.6 Å². The lowest BCUT2D eigenvalue weighted by atomic mass is 10.2. The highest BCUT2D eigenvalue weighted by Gasteiger charge is 2.35. The lowest BCUT2D eigenvalue weighted by Gasteiger charge is -2.21. The molecule has 0 aliphatic carbocycles. The van der Waals surface area contributed by atoms with Crippen molar-refractivity contribution < 1.29 is 21.6 Å². The van der Waals surface area contributed by atoms with Crippen LogP contribution in [0.2, 0.25) is 5.02 Å². The van der Waals surface area contributed by atoms with Crippen LogP contribution in [0, 0.1) is 0 Å². The Kier molecular flexibility index (Phi) is 5.74. The van der Waals surface area contributed by atoms with Gasteiger partial charge in [0.2, 0.25) is 10.0 Å². The van der Waals surface area contributed by atoms with Crippen molar-refractivity contribution in [3.8, 4) is 0 Å². The Bertz CT molecular complexity index is 818. The van der Waals surface area contributed by atoms with E-state index in [1.165, 1.54) is 17.4 Å². The first-order valence-corrected chi connectivity index (χ1v) is 9.36. The molecule has 2 rings (SSSR count). The molecule has 1 aromatic heterocycles. The van der Waals surface area contributed by atoms with Gasteiger partial charge < -0.3 is 0 Å². The van der Waals surface area contributed by atoms with E-state index >= 15 is 0 Å².